The summed E-state index contributed by atoms with van der Waals surface area (Å²) in [4.78, 5) is 34.9. The predicted molar refractivity (Wildman–Crippen MR) is 83.7 cm³/mol. The second-order valence-corrected chi connectivity index (χ2v) is 6.63. The van der Waals surface area contributed by atoms with E-state index in [4.69, 9.17) is 5.11 Å². The summed E-state index contributed by atoms with van der Waals surface area (Å²) in [5.74, 6) is -4.04. The number of rotatable bonds is 4. The van der Waals surface area contributed by atoms with Gasteiger partial charge in [0.05, 0.1) is 11.3 Å². The summed E-state index contributed by atoms with van der Waals surface area (Å²) >= 11 is 0. The molecule has 0 spiro atoms. The molecule has 1 aromatic carbocycles. The molecule has 3 N–H and O–H groups in total. The van der Waals surface area contributed by atoms with E-state index >= 15 is 0 Å². The maximum atomic E-state index is 12.9. The molecular weight excluding hydrogens is 341 g/mol. The highest BCUT2D eigenvalue weighted by Gasteiger charge is 2.34. The van der Waals surface area contributed by atoms with Gasteiger partial charge >= 0.3 is 24.0 Å². The van der Waals surface area contributed by atoms with Gasteiger partial charge in [-0.1, -0.05) is 32.9 Å². The number of nitrogens with one attached hydrogen (secondary N) is 2. The van der Waals surface area contributed by atoms with Crippen LogP contribution in [-0.2, 0) is 20.6 Å². The van der Waals surface area contributed by atoms with E-state index in [1.807, 2.05) is 10.6 Å². The molecule has 0 bridgehead atoms. The van der Waals surface area contributed by atoms with Gasteiger partial charge in [0.15, 0.2) is 0 Å². The van der Waals surface area contributed by atoms with Crippen molar-refractivity contribution in [3.63, 3.8) is 0 Å². The minimum Gasteiger partial charge on any atom is -0.480 e. The van der Waals surface area contributed by atoms with Gasteiger partial charge in [0.1, 0.15) is 6.04 Å². The van der Waals surface area contributed by atoms with Crippen molar-refractivity contribution in [2.45, 2.75) is 39.4 Å². The number of para-hydroxylation sites is 1. The van der Waals surface area contributed by atoms with Crippen LogP contribution in [0, 0.1) is 5.41 Å². The van der Waals surface area contributed by atoms with E-state index in [0.29, 0.717) is 0 Å². The molecule has 1 rings (SSSR count). The fourth-order valence-corrected chi connectivity index (χ4v) is 2.05. The standard InChI is InChI=1S/C16H19F3N2O4/c1-15(2,3)8-11(14(24)25)21-13(23)12(22)20-10-7-5-4-6-9(10)16(17,18)19/h4-7,11H,8H2,1-3H3,(H,20,22)(H,21,23)(H,24,25)/t11-/m0/s1. The lowest BCUT2D eigenvalue weighted by molar-refractivity contribution is -0.144. The van der Waals surface area contributed by atoms with Gasteiger partial charge in [0.25, 0.3) is 0 Å². The summed E-state index contributed by atoms with van der Waals surface area (Å²) in [5.41, 5.74) is -2.14. The van der Waals surface area contributed by atoms with Crippen LogP contribution < -0.4 is 10.6 Å². The predicted octanol–water partition coefficient (Wildman–Crippen LogP) is 2.65. The number of carbonyl (C=O) groups is 3. The van der Waals surface area contributed by atoms with Crippen LogP contribution in [0.5, 0.6) is 0 Å². The van der Waals surface area contributed by atoms with Crippen LogP contribution in [0.1, 0.15) is 32.8 Å². The highest BCUT2D eigenvalue weighted by Crippen LogP contribution is 2.34. The zero-order chi connectivity index (χ0) is 19.4. The number of amides is 2. The second-order valence-electron chi connectivity index (χ2n) is 6.63. The smallest absolute Gasteiger partial charge is 0.418 e. The number of anilines is 1. The van der Waals surface area contributed by atoms with Gasteiger partial charge < -0.3 is 15.7 Å². The number of benzene rings is 1. The summed E-state index contributed by atoms with van der Waals surface area (Å²) in [6.45, 7) is 5.23. The third-order valence-corrected chi connectivity index (χ3v) is 3.11. The van der Waals surface area contributed by atoms with Gasteiger partial charge in [-0.05, 0) is 24.0 Å². The highest BCUT2D eigenvalue weighted by atomic mass is 19.4. The number of halogens is 3. The van der Waals surface area contributed by atoms with Crippen LogP contribution in [0.4, 0.5) is 18.9 Å². The Kier molecular flexibility index (Phi) is 6.17. The maximum Gasteiger partial charge on any atom is 0.418 e. The largest absolute Gasteiger partial charge is 0.480 e. The first-order chi connectivity index (χ1) is 11.3. The molecular formula is C16H19F3N2O4. The molecule has 0 saturated carbocycles. The number of alkyl halides is 3. The lowest BCUT2D eigenvalue weighted by Crippen LogP contribution is -2.47. The molecule has 0 heterocycles. The average molecular weight is 360 g/mol. The van der Waals surface area contributed by atoms with E-state index in [0.717, 1.165) is 18.2 Å². The molecule has 2 amide bonds. The van der Waals surface area contributed by atoms with Crippen molar-refractivity contribution in [1.82, 2.24) is 5.32 Å². The highest BCUT2D eigenvalue weighted by molar-refractivity contribution is 6.40. The van der Waals surface area contributed by atoms with Crippen LogP contribution in [0.15, 0.2) is 24.3 Å². The van der Waals surface area contributed by atoms with Crippen molar-refractivity contribution < 1.29 is 32.7 Å². The third-order valence-electron chi connectivity index (χ3n) is 3.11. The van der Waals surface area contributed by atoms with Gasteiger partial charge in [-0.25, -0.2) is 4.79 Å². The number of hydrogen-bond donors (Lipinski definition) is 3. The number of aliphatic carboxylic acids is 1. The molecule has 0 aliphatic rings. The number of carboxylic acid groups (broad SMARTS) is 1. The van der Waals surface area contributed by atoms with Crippen LogP contribution in [0.2, 0.25) is 0 Å². The quantitative estimate of drug-likeness (QED) is 0.720. The van der Waals surface area contributed by atoms with E-state index in [9.17, 15) is 27.6 Å². The van der Waals surface area contributed by atoms with Crippen molar-refractivity contribution in [3.05, 3.63) is 29.8 Å². The molecule has 0 aliphatic heterocycles. The van der Waals surface area contributed by atoms with E-state index in [1.165, 1.54) is 6.07 Å². The van der Waals surface area contributed by atoms with Crippen LogP contribution in [0.25, 0.3) is 0 Å². The van der Waals surface area contributed by atoms with E-state index in [-0.39, 0.29) is 6.42 Å². The fraction of sp³-hybridized carbons (Fsp3) is 0.438. The summed E-state index contributed by atoms with van der Waals surface area (Å²) < 4.78 is 38.6. The Hall–Kier alpha value is -2.58. The van der Waals surface area contributed by atoms with Crippen molar-refractivity contribution in [1.29, 1.82) is 0 Å². The Labute approximate surface area is 142 Å². The van der Waals surface area contributed by atoms with Gasteiger partial charge in [-0.15, -0.1) is 0 Å². The molecule has 0 aromatic heterocycles. The summed E-state index contributed by atoms with van der Waals surface area (Å²) in [5, 5.41) is 13.0. The Morgan fingerprint density at radius 2 is 1.64 bits per heavy atom. The molecule has 138 valence electrons. The molecule has 0 aliphatic carbocycles. The molecule has 1 atom stereocenters. The van der Waals surface area contributed by atoms with Gasteiger partial charge in [0, 0.05) is 0 Å². The minimum atomic E-state index is -4.71. The van der Waals surface area contributed by atoms with Crippen molar-refractivity contribution in [2.24, 2.45) is 5.41 Å². The number of carboxylic acids is 1. The van der Waals surface area contributed by atoms with Gasteiger partial charge in [-0.3, -0.25) is 9.59 Å². The molecule has 0 saturated heterocycles. The molecule has 0 fully saturated rings. The summed E-state index contributed by atoms with van der Waals surface area (Å²) in [6, 6.07) is 2.83. The molecule has 1 aromatic rings. The van der Waals surface area contributed by atoms with Crippen LogP contribution >= 0.6 is 0 Å². The molecule has 0 unspecified atom stereocenters. The average Bonchev–Trinajstić information content (AvgIpc) is 2.44. The fourth-order valence-electron chi connectivity index (χ4n) is 2.05. The lowest BCUT2D eigenvalue weighted by atomic mass is 9.88. The van der Waals surface area contributed by atoms with E-state index < -0.39 is 46.7 Å². The van der Waals surface area contributed by atoms with Crippen molar-refractivity contribution >= 4 is 23.5 Å². The zero-order valence-electron chi connectivity index (χ0n) is 13.9. The summed E-state index contributed by atoms with van der Waals surface area (Å²) in [6.07, 6.45) is -4.67. The first-order valence-corrected chi connectivity index (χ1v) is 7.32. The Morgan fingerprint density at radius 3 is 2.12 bits per heavy atom. The van der Waals surface area contributed by atoms with E-state index in [1.54, 1.807) is 20.8 Å². The normalized spacial score (nSPS) is 13.0. The van der Waals surface area contributed by atoms with Crippen LogP contribution in [-0.4, -0.2) is 28.9 Å². The maximum absolute atomic E-state index is 12.9. The van der Waals surface area contributed by atoms with Gasteiger partial charge in [-0.2, -0.15) is 13.2 Å². The van der Waals surface area contributed by atoms with Gasteiger partial charge in [0.2, 0.25) is 0 Å². The SMILES string of the molecule is CC(C)(C)C[C@H](NC(=O)C(=O)Nc1ccccc1C(F)(F)F)C(=O)O. The monoisotopic (exact) mass is 360 g/mol. The molecule has 6 nitrogen and oxygen atoms in total. The first-order valence-electron chi connectivity index (χ1n) is 7.32. The van der Waals surface area contributed by atoms with Crippen LogP contribution in [0.3, 0.4) is 0 Å². The van der Waals surface area contributed by atoms with E-state index in [2.05, 4.69) is 0 Å². The topological polar surface area (TPSA) is 95.5 Å². The Balaban J connectivity index is 2.88. The third kappa shape index (κ3) is 6.44. The molecule has 0 radical (unpaired) electrons. The number of carbonyl (C=O) groups excluding carboxylic acids is 2. The Bertz CT molecular complexity index is 666. The lowest BCUT2D eigenvalue weighted by Gasteiger charge is -2.23. The first kappa shape index (κ1) is 20.5. The Morgan fingerprint density at radius 1 is 1.08 bits per heavy atom. The summed E-state index contributed by atoms with van der Waals surface area (Å²) in [7, 11) is 0. The number of hydrogen-bond acceptors (Lipinski definition) is 3. The molecule has 9 heteroatoms. The van der Waals surface area contributed by atoms with Crippen molar-refractivity contribution in [3.8, 4) is 0 Å². The van der Waals surface area contributed by atoms with Crippen molar-refractivity contribution in [2.75, 3.05) is 5.32 Å². The second kappa shape index (κ2) is 7.54. The minimum absolute atomic E-state index is 0.0422. The zero-order valence-corrected chi connectivity index (χ0v) is 13.9. The molecule has 25 heavy (non-hydrogen) atoms.